The standard InChI is InChI=1S/C15H20N4O2/c1-10-4-3-5-14-18-11(9-19(10)14)7-17-15(20)13-6-12(21-2)8-16-13/h3-5,9,12-13,16H,6-8H2,1-2H3,(H,17,20)/t12-,13+/m0/s1. The summed E-state index contributed by atoms with van der Waals surface area (Å²) in [5.41, 5.74) is 2.88. The molecule has 1 amide bonds. The van der Waals surface area contributed by atoms with Gasteiger partial charge in [-0.05, 0) is 25.5 Å². The van der Waals surface area contributed by atoms with Crippen LogP contribution in [0.25, 0.3) is 5.65 Å². The van der Waals surface area contributed by atoms with Crippen LogP contribution >= 0.6 is 0 Å². The number of methoxy groups -OCH3 is 1. The molecular weight excluding hydrogens is 268 g/mol. The number of carbonyl (C=O) groups excluding carboxylic acids is 1. The lowest BCUT2D eigenvalue weighted by Gasteiger charge is -2.10. The summed E-state index contributed by atoms with van der Waals surface area (Å²) in [6, 6.07) is 5.80. The van der Waals surface area contributed by atoms with E-state index < -0.39 is 0 Å². The Labute approximate surface area is 123 Å². The summed E-state index contributed by atoms with van der Waals surface area (Å²) in [7, 11) is 1.67. The van der Waals surface area contributed by atoms with Crippen molar-refractivity contribution in [1.29, 1.82) is 0 Å². The van der Waals surface area contributed by atoms with Gasteiger partial charge in [-0.3, -0.25) is 4.79 Å². The first-order valence-electron chi connectivity index (χ1n) is 7.15. The summed E-state index contributed by atoms with van der Waals surface area (Å²) >= 11 is 0. The maximum atomic E-state index is 12.1. The summed E-state index contributed by atoms with van der Waals surface area (Å²) < 4.78 is 7.27. The Balaban J connectivity index is 1.61. The minimum absolute atomic E-state index is 0.00308. The Bertz CT molecular complexity index is 652. The fourth-order valence-electron chi connectivity index (χ4n) is 2.67. The van der Waals surface area contributed by atoms with Crippen LogP contribution in [-0.2, 0) is 16.1 Å². The zero-order valence-corrected chi connectivity index (χ0v) is 12.3. The largest absolute Gasteiger partial charge is 0.380 e. The van der Waals surface area contributed by atoms with Crippen LogP contribution in [0.2, 0.25) is 0 Å². The average Bonchev–Trinajstić information content (AvgIpc) is 3.12. The average molecular weight is 288 g/mol. The number of aromatic nitrogens is 2. The Morgan fingerprint density at radius 1 is 1.57 bits per heavy atom. The minimum Gasteiger partial charge on any atom is -0.380 e. The molecule has 1 aliphatic rings. The van der Waals surface area contributed by atoms with Gasteiger partial charge in [0.05, 0.1) is 24.4 Å². The molecule has 2 atom stereocenters. The second kappa shape index (κ2) is 5.83. The van der Waals surface area contributed by atoms with Gasteiger partial charge in [0, 0.05) is 25.5 Å². The van der Waals surface area contributed by atoms with Gasteiger partial charge < -0.3 is 19.8 Å². The van der Waals surface area contributed by atoms with Gasteiger partial charge in [-0.25, -0.2) is 4.98 Å². The van der Waals surface area contributed by atoms with Crippen molar-refractivity contribution in [2.24, 2.45) is 0 Å². The van der Waals surface area contributed by atoms with E-state index in [-0.39, 0.29) is 18.1 Å². The van der Waals surface area contributed by atoms with E-state index in [9.17, 15) is 4.79 Å². The van der Waals surface area contributed by atoms with Crippen LogP contribution in [0, 0.1) is 6.92 Å². The zero-order chi connectivity index (χ0) is 14.8. The molecule has 3 rings (SSSR count). The van der Waals surface area contributed by atoms with Gasteiger partial charge in [0.2, 0.25) is 5.91 Å². The molecule has 6 nitrogen and oxygen atoms in total. The van der Waals surface area contributed by atoms with Crippen molar-refractivity contribution >= 4 is 11.6 Å². The summed E-state index contributed by atoms with van der Waals surface area (Å²) in [5.74, 6) is 0.00308. The van der Waals surface area contributed by atoms with Gasteiger partial charge in [-0.2, -0.15) is 0 Å². The van der Waals surface area contributed by atoms with Crippen molar-refractivity contribution in [3.05, 3.63) is 35.8 Å². The molecule has 112 valence electrons. The summed E-state index contributed by atoms with van der Waals surface area (Å²) in [6.45, 7) is 3.20. The molecule has 0 bridgehead atoms. The van der Waals surface area contributed by atoms with E-state index in [2.05, 4.69) is 15.6 Å². The number of rotatable bonds is 4. The Morgan fingerprint density at radius 2 is 2.43 bits per heavy atom. The molecule has 2 aromatic rings. The number of ether oxygens (including phenoxy) is 1. The van der Waals surface area contributed by atoms with Crippen LogP contribution < -0.4 is 10.6 Å². The predicted molar refractivity (Wildman–Crippen MR) is 79.0 cm³/mol. The quantitative estimate of drug-likeness (QED) is 0.866. The fraction of sp³-hybridized carbons (Fsp3) is 0.467. The fourth-order valence-corrected chi connectivity index (χ4v) is 2.67. The first-order chi connectivity index (χ1) is 10.2. The number of aryl methyl sites for hydroxylation is 1. The molecule has 21 heavy (non-hydrogen) atoms. The van der Waals surface area contributed by atoms with E-state index >= 15 is 0 Å². The van der Waals surface area contributed by atoms with Crippen LogP contribution in [0.15, 0.2) is 24.4 Å². The molecule has 0 aliphatic carbocycles. The van der Waals surface area contributed by atoms with Crippen molar-refractivity contribution in [3.63, 3.8) is 0 Å². The number of fused-ring (bicyclic) bond motifs is 1. The van der Waals surface area contributed by atoms with E-state index in [0.717, 1.165) is 23.6 Å². The van der Waals surface area contributed by atoms with Gasteiger partial charge in [-0.1, -0.05) is 6.07 Å². The van der Waals surface area contributed by atoms with Gasteiger partial charge in [-0.15, -0.1) is 0 Å². The molecule has 0 unspecified atom stereocenters. The van der Waals surface area contributed by atoms with E-state index in [0.29, 0.717) is 13.0 Å². The number of hydrogen-bond donors (Lipinski definition) is 2. The van der Waals surface area contributed by atoms with Crippen LogP contribution in [0.1, 0.15) is 17.8 Å². The molecular formula is C15H20N4O2. The molecule has 6 heteroatoms. The second-order valence-electron chi connectivity index (χ2n) is 5.40. The number of imidazole rings is 1. The van der Waals surface area contributed by atoms with Gasteiger partial charge in [0.15, 0.2) is 0 Å². The molecule has 1 saturated heterocycles. The van der Waals surface area contributed by atoms with Crippen LogP contribution in [0.4, 0.5) is 0 Å². The van der Waals surface area contributed by atoms with Crippen LogP contribution in [0.5, 0.6) is 0 Å². The van der Waals surface area contributed by atoms with Crippen molar-refractivity contribution < 1.29 is 9.53 Å². The highest BCUT2D eigenvalue weighted by Crippen LogP contribution is 2.11. The third kappa shape index (κ3) is 2.91. The molecule has 1 fully saturated rings. The van der Waals surface area contributed by atoms with Crippen molar-refractivity contribution in [3.8, 4) is 0 Å². The highest BCUT2D eigenvalue weighted by Gasteiger charge is 2.29. The van der Waals surface area contributed by atoms with Crippen LogP contribution in [-0.4, -0.2) is 41.1 Å². The SMILES string of the molecule is CO[C@@H]1CN[C@@H](C(=O)NCc2cn3c(C)cccc3n2)C1. The van der Waals surface area contributed by atoms with Gasteiger partial charge >= 0.3 is 0 Å². The number of hydrogen-bond acceptors (Lipinski definition) is 4. The molecule has 2 aromatic heterocycles. The molecule has 2 N–H and O–H groups in total. The molecule has 1 aliphatic heterocycles. The smallest absolute Gasteiger partial charge is 0.237 e. The Hall–Kier alpha value is -1.92. The number of amides is 1. The lowest BCUT2D eigenvalue weighted by Crippen LogP contribution is -2.40. The summed E-state index contributed by atoms with van der Waals surface area (Å²) in [5, 5.41) is 6.10. The molecule has 0 radical (unpaired) electrons. The van der Waals surface area contributed by atoms with Crippen molar-refractivity contribution in [2.45, 2.75) is 32.0 Å². The first-order valence-corrected chi connectivity index (χ1v) is 7.15. The number of nitrogens with one attached hydrogen (secondary N) is 2. The molecule has 0 aromatic carbocycles. The highest BCUT2D eigenvalue weighted by atomic mass is 16.5. The van der Waals surface area contributed by atoms with Crippen molar-refractivity contribution in [1.82, 2.24) is 20.0 Å². The van der Waals surface area contributed by atoms with Gasteiger partial charge in [0.1, 0.15) is 5.65 Å². The minimum atomic E-state index is -0.172. The Morgan fingerprint density at radius 3 is 3.14 bits per heavy atom. The second-order valence-corrected chi connectivity index (χ2v) is 5.40. The van der Waals surface area contributed by atoms with Crippen LogP contribution in [0.3, 0.4) is 0 Å². The topological polar surface area (TPSA) is 67.7 Å². The molecule has 0 spiro atoms. The maximum absolute atomic E-state index is 12.1. The third-order valence-electron chi connectivity index (χ3n) is 3.93. The van der Waals surface area contributed by atoms with E-state index in [1.807, 2.05) is 35.7 Å². The number of carbonyl (C=O) groups is 1. The van der Waals surface area contributed by atoms with Crippen molar-refractivity contribution in [2.75, 3.05) is 13.7 Å². The normalized spacial score (nSPS) is 21.8. The number of pyridine rings is 1. The first kappa shape index (κ1) is 14.0. The predicted octanol–water partition coefficient (Wildman–Crippen LogP) is 0.636. The summed E-state index contributed by atoms with van der Waals surface area (Å²) in [6.07, 6.45) is 2.80. The highest BCUT2D eigenvalue weighted by molar-refractivity contribution is 5.82. The maximum Gasteiger partial charge on any atom is 0.237 e. The molecule has 0 saturated carbocycles. The molecule has 3 heterocycles. The van der Waals surface area contributed by atoms with Gasteiger partial charge in [0.25, 0.3) is 0 Å². The number of nitrogens with zero attached hydrogens (tertiary/aromatic N) is 2. The van der Waals surface area contributed by atoms with E-state index in [4.69, 9.17) is 4.74 Å². The monoisotopic (exact) mass is 288 g/mol. The lowest BCUT2D eigenvalue weighted by atomic mass is 10.2. The lowest BCUT2D eigenvalue weighted by molar-refractivity contribution is -0.123. The van der Waals surface area contributed by atoms with E-state index in [1.165, 1.54) is 0 Å². The summed E-state index contributed by atoms with van der Waals surface area (Å²) in [4.78, 5) is 16.6. The zero-order valence-electron chi connectivity index (χ0n) is 12.3. The Kier molecular flexibility index (Phi) is 3.90. The third-order valence-corrected chi connectivity index (χ3v) is 3.93. The van der Waals surface area contributed by atoms with E-state index in [1.54, 1.807) is 7.11 Å².